The standard InChI is InChI=1S/C13H17N3O2S/c1-16(13-14-12(9-17-2)15-19-13)8-10-4-6-11(18-3)7-5-10/h4-7H,8-9H2,1-3H3. The molecule has 2 aromatic rings. The molecule has 1 aromatic carbocycles. The van der Waals surface area contributed by atoms with Gasteiger partial charge in [-0.3, -0.25) is 0 Å². The van der Waals surface area contributed by atoms with Gasteiger partial charge in [0, 0.05) is 32.2 Å². The number of hydrogen-bond acceptors (Lipinski definition) is 6. The number of rotatable bonds is 6. The molecule has 0 aliphatic rings. The molecule has 0 unspecified atom stereocenters. The highest BCUT2D eigenvalue weighted by Crippen LogP contribution is 2.19. The minimum Gasteiger partial charge on any atom is -0.497 e. The van der Waals surface area contributed by atoms with Crippen molar-refractivity contribution in [2.45, 2.75) is 13.2 Å². The number of methoxy groups -OCH3 is 2. The molecule has 0 radical (unpaired) electrons. The Morgan fingerprint density at radius 2 is 1.95 bits per heavy atom. The van der Waals surface area contributed by atoms with E-state index in [9.17, 15) is 0 Å². The van der Waals surface area contributed by atoms with Crippen LogP contribution in [0.3, 0.4) is 0 Å². The van der Waals surface area contributed by atoms with Gasteiger partial charge >= 0.3 is 0 Å². The molecule has 2 rings (SSSR count). The molecule has 0 aliphatic carbocycles. The third kappa shape index (κ3) is 3.65. The first-order chi connectivity index (χ1) is 9.22. The summed E-state index contributed by atoms with van der Waals surface area (Å²) in [6, 6.07) is 8.01. The fourth-order valence-corrected chi connectivity index (χ4v) is 2.29. The van der Waals surface area contributed by atoms with Gasteiger partial charge in [0.2, 0.25) is 5.13 Å². The zero-order valence-electron chi connectivity index (χ0n) is 11.3. The molecule has 0 spiro atoms. The molecule has 5 nitrogen and oxygen atoms in total. The van der Waals surface area contributed by atoms with E-state index in [0.29, 0.717) is 6.61 Å². The lowest BCUT2D eigenvalue weighted by Gasteiger charge is -2.15. The van der Waals surface area contributed by atoms with Gasteiger partial charge in [0.25, 0.3) is 0 Å². The highest BCUT2D eigenvalue weighted by atomic mass is 32.1. The van der Waals surface area contributed by atoms with Crippen molar-refractivity contribution in [2.24, 2.45) is 0 Å². The fraction of sp³-hybridized carbons (Fsp3) is 0.385. The van der Waals surface area contributed by atoms with E-state index in [0.717, 1.165) is 23.3 Å². The number of anilines is 1. The lowest BCUT2D eigenvalue weighted by atomic mass is 10.2. The van der Waals surface area contributed by atoms with Gasteiger partial charge in [0.1, 0.15) is 12.4 Å². The number of hydrogen-bond donors (Lipinski definition) is 0. The average Bonchev–Trinajstić information content (AvgIpc) is 2.89. The molecule has 0 bridgehead atoms. The molecule has 0 N–H and O–H groups in total. The number of nitrogens with zero attached hydrogens (tertiary/aromatic N) is 3. The summed E-state index contributed by atoms with van der Waals surface area (Å²) in [4.78, 5) is 6.48. The van der Waals surface area contributed by atoms with Gasteiger partial charge in [0.15, 0.2) is 5.82 Å². The van der Waals surface area contributed by atoms with Gasteiger partial charge in [-0.1, -0.05) is 12.1 Å². The number of aromatic nitrogens is 2. The van der Waals surface area contributed by atoms with Crippen LogP contribution in [-0.4, -0.2) is 30.6 Å². The highest BCUT2D eigenvalue weighted by Gasteiger charge is 2.09. The summed E-state index contributed by atoms with van der Waals surface area (Å²) in [7, 11) is 5.31. The van der Waals surface area contributed by atoms with Crippen molar-refractivity contribution in [2.75, 3.05) is 26.2 Å². The second-order valence-corrected chi connectivity index (χ2v) is 4.86. The zero-order chi connectivity index (χ0) is 13.7. The molecule has 0 aliphatic heterocycles. The van der Waals surface area contributed by atoms with Crippen LogP contribution in [0.2, 0.25) is 0 Å². The lowest BCUT2D eigenvalue weighted by molar-refractivity contribution is 0.179. The van der Waals surface area contributed by atoms with E-state index in [4.69, 9.17) is 9.47 Å². The van der Waals surface area contributed by atoms with Crippen molar-refractivity contribution >= 4 is 16.7 Å². The van der Waals surface area contributed by atoms with Crippen molar-refractivity contribution in [1.82, 2.24) is 9.36 Å². The summed E-state index contributed by atoms with van der Waals surface area (Å²) >= 11 is 1.38. The topological polar surface area (TPSA) is 47.5 Å². The summed E-state index contributed by atoms with van der Waals surface area (Å²) in [5, 5.41) is 0.892. The van der Waals surface area contributed by atoms with E-state index >= 15 is 0 Å². The first-order valence-corrected chi connectivity index (χ1v) is 6.66. The quantitative estimate of drug-likeness (QED) is 0.812. The summed E-state index contributed by atoms with van der Waals surface area (Å²) in [5.41, 5.74) is 1.20. The van der Waals surface area contributed by atoms with Crippen LogP contribution in [0.5, 0.6) is 5.75 Å². The Kier molecular flexibility index (Phi) is 4.70. The second-order valence-electron chi connectivity index (χ2n) is 4.13. The molecule has 0 atom stereocenters. The predicted molar refractivity (Wildman–Crippen MR) is 75.7 cm³/mol. The molecular formula is C13H17N3O2S. The maximum absolute atomic E-state index is 5.14. The van der Waals surface area contributed by atoms with Gasteiger partial charge < -0.3 is 14.4 Å². The van der Waals surface area contributed by atoms with Crippen LogP contribution in [0.15, 0.2) is 24.3 Å². The van der Waals surface area contributed by atoms with Gasteiger partial charge in [-0.2, -0.15) is 4.37 Å². The van der Waals surface area contributed by atoms with Gasteiger partial charge in [-0.25, -0.2) is 4.98 Å². The van der Waals surface area contributed by atoms with E-state index in [2.05, 4.69) is 14.3 Å². The molecule has 6 heteroatoms. The Morgan fingerprint density at radius 1 is 1.21 bits per heavy atom. The molecule has 1 aromatic heterocycles. The Balaban J connectivity index is 2.00. The molecular weight excluding hydrogens is 262 g/mol. The molecule has 102 valence electrons. The molecule has 0 saturated heterocycles. The Labute approximate surface area is 117 Å². The lowest BCUT2D eigenvalue weighted by Crippen LogP contribution is -2.16. The van der Waals surface area contributed by atoms with Crippen molar-refractivity contribution in [1.29, 1.82) is 0 Å². The Bertz CT molecular complexity index is 513. The zero-order valence-corrected chi connectivity index (χ0v) is 12.1. The summed E-state index contributed by atoms with van der Waals surface area (Å²) in [6.07, 6.45) is 0. The smallest absolute Gasteiger partial charge is 0.205 e. The molecule has 1 heterocycles. The van der Waals surface area contributed by atoms with Crippen LogP contribution in [0.1, 0.15) is 11.4 Å². The normalized spacial score (nSPS) is 10.5. The Morgan fingerprint density at radius 3 is 2.58 bits per heavy atom. The maximum atomic E-state index is 5.14. The number of ether oxygens (including phenoxy) is 2. The first-order valence-electron chi connectivity index (χ1n) is 5.88. The highest BCUT2D eigenvalue weighted by molar-refractivity contribution is 7.09. The van der Waals surface area contributed by atoms with E-state index in [1.165, 1.54) is 17.1 Å². The van der Waals surface area contributed by atoms with Crippen LogP contribution in [-0.2, 0) is 17.9 Å². The SMILES string of the molecule is COCc1nsc(N(C)Cc2ccc(OC)cc2)n1. The van der Waals surface area contributed by atoms with Crippen molar-refractivity contribution < 1.29 is 9.47 Å². The van der Waals surface area contributed by atoms with Crippen LogP contribution >= 0.6 is 11.5 Å². The third-order valence-corrected chi connectivity index (χ3v) is 3.50. The Hall–Kier alpha value is -1.66. The van der Waals surface area contributed by atoms with Crippen molar-refractivity contribution in [3.63, 3.8) is 0 Å². The fourth-order valence-electron chi connectivity index (χ4n) is 1.66. The van der Waals surface area contributed by atoms with Crippen LogP contribution in [0.4, 0.5) is 5.13 Å². The minimum atomic E-state index is 0.451. The predicted octanol–water partition coefficient (Wildman–Crippen LogP) is 2.33. The average molecular weight is 279 g/mol. The second kappa shape index (κ2) is 6.49. The van der Waals surface area contributed by atoms with E-state index in [1.807, 2.05) is 31.3 Å². The van der Waals surface area contributed by atoms with E-state index in [1.54, 1.807) is 14.2 Å². The van der Waals surface area contributed by atoms with Crippen molar-refractivity contribution in [3.8, 4) is 5.75 Å². The molecule has 19 heavy (non-hydrogen) atoms. The largest absolute Gasteiger partial charge is 0.497 e. The maximum Gasteiger partial charge on any atom is 0.205 e. The van der Waals surface area contributed by atoms with E-state index in [-0.39, 0.29) is 0 Å². The molecule has 0 saturated carbocycles. The van der Waals surface area contributed by atoms with Gasteiger partial charge in [0.05, 0.1) is 7.11 Å². The van der Waals surface area contributed by atoms with Crippen LogP contribution < -0.4 is 9.64 Å². The van der Waals surface area contributed by atoms with Gasteiger partial charge in [-0.05, 0) is 17.7 Å². The van der Waals surface area contributed by atoms with Gasteiger partial charge in [-0.15, -0.1) is 0 Å². The van der Waals surface area contributed by atoms with Crippen LogP contribution in [0, 0.1) is 0 Å². The van der Waals surface area contributed by atoms with E-state index < -0.39 is 0 Å². The molecule has 0 amide bonds. The summed E-state index contributed by atoms with van der Waals surface area (Å²) in [6.45, 7) is 1.23. The van der Waals surface area contributed by atoms with Crippen LogP contribution in [0.25, 0.3) is 0 Å². The first kappa shape index (κ1) is 13.8. The minimum absolute atomic E-state index is 0.451. The monoisotopic (exact) mass is 279 g/mol. The summed E-state index contributed by atoms with van der Waals surface area (Å²) < 4.78 is 14.4. The molecule has 0 fully saturated rings. The summed E-state index contributed by atoms with van der Waals surface area (Å²) in [5.74, 6) is 1.59. The third-order valence-electron chi connectivity index (χ3n) is 2.64. The number of benzene rings is 1. The van der Waals surface area contributed by atoms with Crippen molar-refractivity contribution in [3.05, 3.63) is 35.7 Å².